The van der Waals surface area contributed by atoms with Gasteiger partial charge < -0.3 is 15.2 Å². The van der Waals surface area contributed by atoms with E-state index in [4.69, 9.17) is 5.73 Å². The summed E-state index contributed by atoms with van der Waals surface area (Å²) in [4.78, 5) is 17.9. The number of benzene rings is 1. The van der Waals surface area contributed by atoms with Gasteiger partial charge in [0.1, 0.15) is 0 Å². The molecule has 0 aliphatic carbocycles. The van der Waals surface area contributed by atoms with E-state index in [1.807, 2.05) is 18.5 Å². The minimum absolute atomic E-state index is 0.395. The molecule has 1 amide bonds. The minimum Gasteiger partial charge on any atom is -0.366 e. The first-order chi connectivity index (χ1) is 8.65. The highest BCUT2D eigenvalue weighted by atomic mass is 16.1. The summed E-state index contributed by atoms with van der Waals surface area (Å²) in [6, 6.07) is 5.85. The normalized spacial score (nSPS) is 20.6. The molecule has 5 nitrogen and oxygen atoms in total. The van der Waals surface area contributed by atoms with Crippen LogP contribution in [0, 0.1) is 0 Å². The van der Waals surface area contributed by atoms with Gasteiger partial charge in [-0.05, 0) is 38.2 Å². The van der Waals surface area contributed by atoms with Crippen molar-refractivity contribution < 1.29 is 4.79 Å². The number of nitrogens with zero attached hydrogens (tertiary/aromatic N) is 3. The quantitative estimate of drug-likeness (QED) is 0.857. The van der Waals surface area contributed by atoms with Crippen LogP contribution in [0.1, 0.15) is 22.8 Å². The highest BCUT2D eigenvalue weighted by Crippen LogP contribution is 2.25. The third-order valence-corrected chi connectivity index (χ3v) is 3.62. The van der Waals surface area contributed by atoms with Crippen molar-refractivity contribution in [2.24, 2.45) is 5.73 Å². The molecule has 1 saturated heterocycles. The van der Waals surface area contributed by atoms with Crippen LogP contribution in [0.15, 0.2) is 24.5 Å². The van der Waals surface area contributed by atoms with E-state index in [1.165, 1.54) is 0 Å². The maximum absolute atomic E-state index is 11.2. The zero-order valence-corrected chi connectivity index (χ0v) is 10.3. The number of likely N-dealkylation sites (tertiary alicyclic amines) is 1. The van der Waals surface area contributed by atoms with Crippen LogP contribution in [-0.4, -0.2) is 40.5 Å². The van der Waals surface area contributed by atoms with Crippen LogP contribution in [0.5, 0.6) is 0 Å². The molecule has 1 aromatic heterocycles. The van der Waals surface area contributed by atoms with Crippen molar-refractivity contribution in [2.45, 2.75) is 12.5 Å². The second-order valence-electron chi connectivity index (χ2n) is 4.92. The van der Waals surface area contributed by atoms with Gasteiger partial charge in [0.05, 0.1) is 17.4 Å². The van der Waals surface area contributed by atoms with Gasteiger partial charge in [0, 0.05) is 18.2 Å². The van der Waals surface area contributed by atoms with Crippen LogP contribution in [0.25, 0.3) is 11.0 Å². The third kappa shape index (κ3) is 1.76. The lowest BCUT2D eigenvalue weighted by Crippen LogP contribution is -2.16. The molecule has 1 aliphatic heterocycles. The van der Waals surface area contributed by atoms with E-state index in [2.05, 4.69) is 21.5 Å². The Kier molecular flexibility index (Phi) is 2.56. The first kappa shape index (κ1) is 11.2. The SMILES string of the molecule is CN1CCC(n2cnc3ccc(C(N)=O)cc32)C1. The van der Waals surface area contributed by atoms with Crippen molar-refractivity contribution in [3.63, 3.8) is 0 Å². The zero-order chi connectivity index (χ0) is 12.7. The molecule has 5 heteroatoms. The lowest BCUT2D eigenvalue weighted by molar-refractivity contribution is 0.100. The molecule has 0 radical (unpaired) electrons. The summed E-state index contributed by atoms with van der Waals surface area (Å²) in [7, 11) is 2.12. The Hall–Kier alpha value is -1.88. The number of primary amides is 1. The Morgan fingerprint density at radius 2 is 2.33 bits per heavy atom. The summed E-state index contributed by atoms with van der Waals surface area (Å²) in [6.45, 7) is 2.12. The number of aromatic nitrogens is 2. The summed E-state index contributed by atoms with van der Waals surface area (Å²) in [6.07, 6.45) is 2.97. The van der Waals surface area contributed by atoms with Crippen LogP contribution in [0.2, 0.25) is 0 Å². The number of imidazole rings is 1. The van der Waals surface area contributed by atoms with Gasteiger partial charge in [-0.3, -0.25) is 4.79 Å². The van der Waals surface area contributed by atoms with E-state index >= 15 is 0 Å². The Labute approximate surface area is 105 Å². The number of hydrogen-bond donors (Lipinski definition) is 1. The molecule has 1 aromatic carbocycles. The van der Waals surface area contributed by atoms with Crippen LogP contribution in [0.3, 0.4) is 0 Å². The van der Waals surface area contributed by atoms with E-state index in [1.54, 1.807) is 6.07 Å². The maximum atomic E-state index is 11.2. The van der Waals surface area contributed by atoms with E-state index < -0.39 is 5.91 Å². The standard InChI is InChI=1S/C13H16N4O/c1-16-5-4-10(7-16)17-8-15-11-3-2-9(13(14)18)6-12(11)17/h2-3,6,8,10H,4-5,7H2,1H3,(H2,14,18). The summed E-state index contributed by atoms with van der Waals surface area (Å²) in [5.74, 6) is -0.395. The van der Waals surface area contributed by atoms with Crippen molar-refractivity contribution in [1.82, 2.24) is 14.5 Å². The third-order valence-electron chi connectivity index (χ3n) is 3.62. The Morgan fingerprint density at radius 1 is 1.50 bits per heavy atom. The minimum atomic E-state index is -0.395. The molecular weight excluding hydrogens is 228 g/mol. The predicted molar refractivity (Wildman–Crippen MR) is 69.4 cm³/mol. The van der Waals surface area contributed by atoms with Crippen molar-refractivity contribution in [3.8, 4) is 0 Å². The summed E-state index contributed by atoms with van der Waals surface area (Å²) in [5.41, 5.74) is 7.76. The summed E-state index contributed by atoms with van der Waals surface area (Å²) >= 11 is 0. The first-order valence-electron chi connectivity index (χ1n) is 6.10. The molecule has 1 unspecified atom stereocenters. The second-order valence-corrected chi connectivity index (χ2v) is 4.92. The monoisotopic (exact) mass is 244 g/mol. The number of hydrogen-bond acceptors (Lipinski definition) is 3. The number of likely N-dealkylation sites (N-methyl/N-ethyl adjacent to an activating group) is 1. The van der Waals surface area contributed by atoms with Crippen LogP contribution >= 0.6 is 0 Å². The van der Waals surface area contributed by atoms with E-state index in [0.29, 0.717) is 11.6 Å². The fourth-order valence-electron chi connectivity index (χ4n) is 2.61. The average molecular weight is 244 g/mol. The Morgan fingerprint density at radius 3 is 3.00 bits per heavy atom. The molecule has 0 saturated carbocycles. The first-order valence-corrected chi connectivity index (χ1v) is 6.10. The number of nitrogens with two attached hydrogens (primary N) is 1. The predicted octanol–water partition coefficient (Wildman–Crippen LogP) is 1.01. The van der Waals surface area contributed by atoms with E-state index in [0.717, 1.165) is 30.5 Å². The summed E-state index contributed by atoms with van der Waals surface area (Å²) < 4.78 is 2.16. The molecule has 1 atom stereocenters. The molecule has 18 heavy (non-hydrogen) atoms. The van der Waals surface area contributed by atoms with E-state index in [9.17, 15) is 4.79 Å². The molecule has 3 rings (SSSR count). The fraction of sp³-hybridized carbons (Fsp3) is 0.385. The van der Waals surface area contributed by atoms with Crippen LogP contribution in [-0.2, 0) is 0 Å². The molecule has 2 aromatic rings. The van der Waals surface area contributed by atoms with Crippen molar-refractivity contribution in [1.29, 1.82) is 0 Å². The molecule has 2 heterocycles. The van der Waals surface area contributed by atoms with Gasteiger partial charge >= 0.3 is 0 Å². The van der Waals surface area contributed by atoms with Gasteiger partial charge in [0.25, 0.3) is 0 Å². The van der Waals surface area contributed by atoms with Crippen LogP contribution < -0.4 is 5.73 Å². The van der Waals surface area contributed by atoms with Crippen molar-refractivity contribution >= 4 is 16.9 Å². The smallest absolute Gasteiger partial charge is 0.248 e. The molecule has 0 spiro atoms. The Balaban J connectivity index is 2.06. The summed E-state index contributed by atoms with van der Waals surface area (Å²) in [5, 5.41) is 0. The van der Waals surface area contributed by atoms with Gasteiger partial charge in [0.2, 0.25) is 5.91 Å². The fourth-order valence-corrected chi connectivity index (χ4v) is 2.61. The van der Waals surface area contributed by atoms with Gasteiger partial charge in [-0.25, -0.2) is 4.98 Å². The van der Waals surface area contributed by atoms with Crippen molar-refractivity contribution in [3.05, 3.63) is 30.1 Å². The number of rotatable bonds is 2. The topological polar surface area (TPSA) is 64.2 Å². The molecule has 94 valence electrons. The number of amides is 1. The average Bonchev–Trinajstić information content (AvgIpc) is 2.93. The van der Waals surface area contributed by atoms with Gasteiger partial charge in [-0.2, -0.15) is 0 Å². The Bertz CT molecular complexity index is 604. The molecule has 1 aliphatic rings. The maximum Gasteiger partial charge on any atom is 0.248 e. The lowest BCUT2D eigenvalue weighted by Gasteiger charge is -2.13. The number of carbonyl (C=O) groups excluding carboxylic acids is 1. The number of carbonyl (C=O) groups is 1. The molecule has 0 bridgehead atoms. The highest BCUT2D eigenvalue weighted by molar-refractivity contribution is 5.96. The van der Waals surface area contributed by atoms with Gasteiger partial charge in [0.15, 0.2) is 0 Å². The van der Waals surface area contributed by atoms with Gasteiger partial charge in [-0.15, -0.1) is 0 Å². The zero-order valence-electron chi connectivity index (χ0n) is 10.3. The van der Waals surface area contributed by atoms with Crippen molar-refractivity contribution in [2.75, 3.05) is 20.1 Å². The molecule has 1 fully saturated rings. The molecule has 2 N–H and O–H groups in total. The van der Waals surface area contributed by atoms with E-state index in [-0.39, 0.29) is 0 Å². The highest BCUT2D eigenvalue weighted by Gasteiger charge is 2.22. The van der Waals surface area contributed by atoms with Crippen LogP contribution in [0.4, 0.5) is 0 Å². The largest absolute Gasteiger partial charge is 0.366 e. The molecular formula is C13H16N4O. The lowest BCUT2D eigenvalue weighted by atomic mass is 10.1. The van der Waals surface area contributed by atoms with Gasteiger partial charge in [-0.1, -0.05) is 0 Å². The number of fused-ring (bicyclic) bond motifs is 1. The second kappa shape index (κ2) is 4.10.